The van der Waals surface area contributed by atoms with Crippen molar-refractivity contribution in [3.05, 3.63) is 29.8 Å². The number of nitrogens with zero attached hydrogens (tertiary/aromatic N) is 1. The third-order valence-electron chi connectivity index (χ3n) is 3.65. The predicted molar refractivity (Wildman–Crippen MR) is 71.1 cm³/mol. The molecule has 0 aromatic heterocycles. The number of benzene rings is 1. The second-order valence-electron chi connectivity index (χ2n) is 4.92. The quantitative estimate of drug-likeness (QED) is 0.736. The van der Waals surface area contributed by atoms with Crippen LogP contribution in [-0.2, 0) is 6.42 Å². The van der Waals surface area contributed by atoms with E-state index in [1.807, 2.05) is 0 Å². The molecule has 1 aliphatic rings. The van der Waals surface area contributed by atoms with Crippen LogP contribution in [0.15, 0.2) is 24.3 Å². The number of aryl methyl sites for hydroxylation is 1. The summed E-state index contributed by atoms with van der Waals surface area (Å²) in [5.74, 6) is 0. The monoisotopic (exact) mass is 217 g/mol. The molecule has 0 spiro atoms. The Labute approximate surface area is 99.5 Å². The van der Waals surface area contributed by atoms with Gasteiger partial charge in [0.25, 0.3) is 0 Å². The first-order valence-electron chi connectivity index (χ1n) is 6.67. The second kappa shape index (κ2) is 5.38. The number of anilines is 1. The molecular weight excluding hydrogens is 194 g/mol. The molecule has 16 heavy (non-hydrogen) atoms. The molecule has 1 nitrogen and oxygen atoms in total. The zero-order valence-corrected chi connectivity index (χ0v) is 10.6. The van der Waals surface area contributed by atoms with E-state index in [1.54, 1.807) is 0 Å². The van der Waals surface area contributed by atoms with Crippen molar-refractivity contribution in [1.29, 1.82) is 0 Å². The van der Waals surface area contributed by atoms with Crippen LogP contribution in [0.3, 0.4) is 0 Å². The van der Waals surface area contributed by atoms with Gasteiger partial charge in [-0.1, -0.05) is 38.0 Å². The Morgan fingerprint density at radius 2 is 2.12 bits per heavy atom. The van der Waals surface area contributed by atoms with Crippen LogP contribution in [0.25, 0.3) is 0 Å². The van der Waals surface area contributed by atoms with E-state index >= 15 is 0 Å². The lowest BCUT2D eigenvalue weighted by Crippen LogP contribution is -2.37. The highest BCUT2D eigenvalue weighted by Crippen LogP contribution is 2.29. The molecule has 0 fully saturated rings. The molecule has 1 aromatic rings. The number of para-hydroxylation sites is 1. The zero-order chi connectivity index (χ0) is 11.4. The first-order valence-corrected chi connectivity index (χ1v) is 6.67. The lowest BCUT2D eigenvalue weighted by atomic mass is 9.99. The summed E-state index contributed by atoms with van der Waals surface area (Å²) in [6.07, 6.45) is 6.55. The number of fused-ring (bicyclic) bond motifs is 1. The Morgan fingerprint density at radius 3 is 2.94 bits per heavy atom. The van der Waals surface area contributed by atoms with Crippen molar-refractivity contribution in [2.24, 2.45) is 0 Å². The Morgan fingerprint density at radius 1 is 1.31 bits per heavy atom. The number of hydrogen-bond donors (Lipinski definition) is 0. The van der Waals surface area contributed by atoms with Gasteiger partial charge < -0.3 is 4.90 Å². The highest BCUT2D eigenvalue weighted by molar-refractivity contribution is 5.56. The molecular formula is C15H23N. The van der Waals surface area contributed by atoms with Crippen LogP contribution in [-0.4, -0.2) is 12.6 Å². The van der Waals surface area contributed by atoms with E-state index < -0.39 is 0 Å². The highest BCUT2D eigenvalue weighted by Gasteiger charge is 2.20. The van der Waals surface area contributed by atoms with Gasteiger partial charge in [-0.2, -0.15) is 0 Å². The highest BCUT2D eigenvalue weighted by atomic mass is 15.2. The van der Waals surface area contributed by atoms with Crippen LogP contribution >= 0.6 is 0 Å². The zero-order valence-electron chi connectivity index (χ0n) is 10.6. The van der Waals surface area contributed by atoms with Crippen LogP contribution in [0.4, 0.5) is 5.69 Å². The van der Waals surface area contributed by atoms with Gasteiger partial charge in [-0.25, -0.2) is 0 Å². The largest absolute Gasteiger partial charge is 0.369 e. The van der Waals surface area contributed by atoms with Crippen LogP contribution in [0.2, 0.25) is 0 Å². The fraction of sp³-hybridized carbons (Fsp3) is 0.600. The summed E-state index contributed by atoms with van der Waals surface area (Å²) in [5, 5.41) is 0. The number of hydrogen-bond acceptors (Lipinski definition) is 1. The smallest absolute Gasteiger partial charge is 0.0401 e. The van der Waals surface area contributed by atoms with Gasteiger partial charge in [0, 0.05) is 18.3 Å². The minimum absolute atomic E-state index is 0.696. The molecule has 2 rings (SSSR count). The minimum Gasteiger partial charge on any atom is -0.369 e. The standard InChI is InChI=1S/C15H23N/c1-3-4-8-13(2)16-12-7-10-14-9-5-6-11-15(14)16/h5-6,9,11,13H,3-4,7-8,10,12H2,1-2H3. The van der Waals surface area contributed by atoms with Crippen LogP contribution in [0, 0.1) is 0 Å². The van der Waals surface area contributed by atoms with E-state index in [-0.39, 0.29) is 0 Å². The third-order valence-corrected chi connectivity index (χ3v) is 3.65. The normalized spacial score (nSPS) is 17.0. The average Bonchev–Trinajstić information content (AvgIpc) is 2.35. The molecule has 1 aliphatic heterocycles. The molecule has 1 unspecified atom stereocenters. The molecule has 88 valence electrons. The molecule has 0 aliphatic carbocycles. The van der Waals surface area contributed by atoms with Crippen molar-refractivity contribution in [1.82, 2.24) is 0 Å². The van der Waals surface area contributed by atoms with Crippen molar-refractivity contribution in [3.8, 4) is 0 Å². The van der Waals surface area contributed by atoms with Crippen molar-refractivity contribution in [3.63, 3.8) is 0 Å². The molecule has 1 atom stereocenters. The Balaban J connectivity index is 2.12. The molecule has 0 saturated heterocycles. The molecule has 0 saturated carbocycles. The van der Waals surface area contributed by atoms with Crippen LogP contribution in [0.5, 0.6) is 0 Å². The van der Waals surface area contributed by atoms with Crippen molar-refractivity contribution in [2.75, 3.05) is 11.4 Å². The Hall–Kier alpha value is -0.980. The summed E-state index contributed by atoms with van der Waals surface area (Å²) < 4.78 is 0. The van der Waals surface area contributed by atoms with E-state index in [0.717, 1.165) is 0 Å². The molecule has 1 heterocycles. The maximum absolute atomic E-state index is 2.61. The van der Waals surface area contributed by atoms with Gasteiger partial charge in [0.2, 0.25) is 0 Å². The average molecular weight is 217 g/mol. The summed E-state index contributed by atoms with van der Waals surface area (Å²) in [6, 6.07) is 9.61. The molecule has 0 amide bonds. The van der Waals surface area contributed by atoms with E-state index in [0.29, 0.717) is 6.04 Å². The Bertz CT molecular complexity index is 332. The van der Waals surface area contributed by atoms with Gasteiger partial charge in [-0.05, 0) is 37.8 Å². The van der Waals surface area contributed by atoms with Crippen LogP contribution < -0.4 is 4.90 Å². The summed E-state index contributed by atoms with van der Waals surface area (Å²) in [7, 11) is 0. The lowest BCUT2D eigenvalue weighted by molar-refractivity contribution is 0.538. The Kier molecular flexibility index (Phi) is 3.87. The first kappa shape index (κ1) is 11.5. The van der Waals surface area contributed by atoms with E-state index in [2.05, 4.69) is 43.0 Å². The van der Waals surface area contributed by atoms with Gasteiger partial charge >= 0.3 is 0 Å². The third kappa shape index (κ3) is 2.40. The molecule has 0 radical (unpaired) electrons. The first-order chi connectivity index (χ1) is 7.83. The van der Waals surface area contributed by atoms with E-state index in [1.165, 1.54) is 49.9 Å². The molecule has 0 bridgehead atoms. The summed E-state index contributed by atoms with van der Waals surface area (Å²) >= 11 is 0. The maximum Gasteiger partial charge on any atom is 0.0401 e. The maximum atomic E-state index is 2.61. The SMILES string of the molecule is CCCCC(C)N1CCCc2ccccc21. The van der Waals surface area contributed by atoms with Gasteiger partial charge in [0.1, 0.15) is 0 Å². The summed E-state index contributed by atoms with van der Waals surface area (Å²) in [6.45, 7) is 5.89. The van der Waals surface area contributed by atoms with E-state index in [4.69, 9.17) is 0 Å². The summed E-state index contributed by atoms with van der Waals surface area (Å²) in [5.41, 5.74) is 3.02. The second-order valence-corrected chi connectivity index (χ2v) is 4.92. The lowest BCUT2D eigenvalue weighted by Gasteiger charge is -2.36. The van der Waals surface area contributed by atoms with Crippen molar-refractivity contribution in [2.45, 2.75) is 52.0 Å². The number of unbranched alkanes of at least 4 members (excludes halogenated alkanes) is 1. The van der Waals surface area contributed by atoms with E-state index in [9.17, 15) is 0 Å². The molecule has 1 aromatic carbocycles. The fourth-order valence-electron chi connectivity index (χ4n) is 2.68. The van der Waals surface area contributed by atoms with Crippen molar-refractivity contribution >= 4 is 5.69 Å². The van der Waals surface area contributed by atoms with Gasteiger partial charge in [-0.3, -0.25) is 0 Å². The van der Waals surface area contributed by atoms with Crippen LogP contribution in [0.1, 0.15) is 45.1 Å². The van der Waals surface area contributed by atoms with Gasteiger partial charge in [0.05, 0.1) is 0 Å². The van der Waals surface area contributed by atoms with Gasteiger partial charge in [-0.15, -0.1) is 0 Å². The predicted octanol–water partition coefficient (Wildman–Crippen LogP) is 4.02. The number of rotatable bonds is 4. The van der Waals surface area contributed by atoms with Crippen molar-refractivity contribution < 1.29 is 0 Å². The minimum atomic E-state index is 0.696. The molecule has 1 heteroatoms. The molecule has 0 N–H and O–H groups in total. The summed E-state index contributed by atoms with van der Waals surface area (Å²) in [4.78, 5) is 2.61. The topological polar surface area (TPSA) is 3.24 Å². The fourth-order valence-corrected chi connectivity index (χ4v) is 2.68. The van der Waals surface area contributed by atoms with Gasteiger partial charge in [0.15, 0.2) is 0 Å².